The van der Waals surface area contributed by atoms with Gasteiger partial charge in [0.05, 0.1) is 7.11 Å². The zero-order valence-corrected chi connectivity index (χ0v) is 10.6. The lowest BCUT2D eigenvalue weighted by atomic mass is 9.89. The Kier molecular flexibility index (Phi) is 4.00. The van der Waals surface area contributed by atoms with E-state index in [1.165, 1.54) is 6.07 Å². The maximum Gasteiger partial charge on any atom is 0.126 e. The summed E-state index contributed by atoms with van der Waals surface area (Å²) in [6.45, 7) is 4.04. The minimum absolute atomic E-state index is 0.0955. The molecule has 0 bridgehead atoms. The molecule has 0 radical (unpaired) electrons. The van der Waals surface area contributed by atoms with Crippen molar-refractivity contribution in [3.63, 3.8) is 0 Å². The molecule has 0 atom stereocenters. The summed E-state index contributed by atoms with van der Waals surface area (Å²) in [5, 5.41) is 3.33. The molecule has 1 aliphatic rings. The maximum atomic E-state index is 13.9. The van der Waals surface area contributed by atoms with Gasteiger partial charge in [0.25, 0.3) is 0 Å². The van der Waals surface area contributed by atoms with Crippen molar-refractivity contribution in [2.75, 3.05) is 20.2 Å². The van der Waals surface area contributed by atoms with Crippen molar-refractivity contribution < 1.29 is 9.13 Å². The number of rotatable bonds is 3. The Morgan fingerprint density at radius 2 is 2.06 bits per heavy atom. The molecule has 94 valence electrons. The zero-order chi connectivity index (χ0) is 12.3. The van der Waals surface area contributed by atoms with Crippen LogP contribution in [0.1, 0.15) is 24.0 Å². The minimum atomic E-state index is -0.0955. The number of nitrogens with one attached hydrogen (secondary N) is 1. The minimum Gasteiger partial charge on any atom is -0.496 e. The van der Waals surface area contributed by atoms with Crippen LogP contribution in [0.25, 0.3) is 0 Å². The number of hydrogen-bond donors (Lipinski definition) is 1. The van der Waals surface area contributed by atoms with Gasteiger partial charge in [0.1, 0.15) is 11.6 Å². The van der Waals surface area contributed by atoms with Gasteiger partial charge in [-0.05, 0) is 68.5 Å². The van der Waals surface area contributed by atoms with Crippen molar-refractivity contribution in [3.05, 3.63) is 29.1 Å². The van der Waals surface area contributed by atoms with E-state index in [1.807, 2.05) is 6.92 Å². The van der Waals surface area contributed by atoms with Gasteiger partial charge in [-0.25, -0.2) is 4.39 Å². The zero-order valence-electron chi connectivity index (χ0n) is 10.6. The Labute approximate surface area is 102 Å². The summed E-state index contributed by atoms with van der Waals surface area (Å²) >= 11 is 0. The molecule has 0 spiro atoms. The molecule has 17 heavy (non-hydrogen) atoms. The fraction of sp³-hybridized carbons (Fsp3) is 0.571. The molecule has 0 amide bonds. The predicted molar refractivity (Wildman–Crippen MR) is 67.0 cm³/mol. The maximum absolute atomic E-state index is 13.9. The number of hydrogen-bond acceptors (Lipinski definition) is 2. The van der Waals surface area contributed by atoms with Gasteiger partial charge >= 0.3 is 0 Å². The first-order chi connectivity index (χ1) is 8.22. The molecule has 1 fully saturated rings. The normalized spacial score (nSPS) is 17.1. The largest absolute Gasteiger partial charge is 0.496 e. The topological polar surface area (TPSA) is 21.3 Å². The molecule has 1 heterocycles. The van der Waals surface area contributed by atoms with E-state index in [2.05, 4.69) is 5.32 Å². The van der Waals surface area contributed by atoms with E-state index in [9.17, 15) is 4.39 Å². The predicted octanol–water partition coefficient (Wildman–Crippen LogP) is 2.68. The van der Waals surface area contributed by atoms with E-state index in [0.717, 1.165) is 49.2 Å². The average molecular weight is 237 g/mol. The molecule has 0 aromatic heterocycles. The lowest BCUT2D eigenvalue weighted by Crippen LogP contribution is -2.29. The summed E-state index contributed by atoms with van der Waals surface area (Å²) in [7, 11) is 1.63. The van der Waals surface area contributed by atoms with E-state index in [1.54, 1.807) is 13.2 Å². The van der Waals surface area contributed by atoms with Crippen LogP contribution in [-0.4, -0.2) is 20.2 Å². The number of methoxy groups -OCH3 is 1. The van der Waals surface area contributed by atoms with Gasteiger partial charge in [0.2, 0.25) is 0 Å². The quantitative estimate of drug-likeness (QED) is 0.872. The Morgan fingerprint density at radius 1 is 1.35 bits per heavy atom. The summed E-state index contributed by atoms with van der Waals surface area (Å²) in [6.07, 6.45) is 3.10. The number of ether oxygens (including phenoxy) is 1. The Bertz CT molecular complexity index is 386. The van der Waals surface area contributed by atoms with Crippen molar-refractivity contribution in [2.24, 2.45) is 5.92 Å². The molecule has 2 nitrogen and oxygen atoms in total. The molecular weight excluding hydrogens is 217 g/mol. The molecule has 1 aromatic carbocycles. The van der Waals surface area contributed by atoms with E-state index in [0.29, 0.717) is 5.92 Å². The second kappa shape index (κ2) is 5.50. The van der Waals surface area contributed by atoms with Gasteiger partial charge < -0.3 is 10.1 Å². The first-order valence-corrected chi connectivity index (χ1v) is 6.25. The SMILES string of the molecule is COc1ccc(F)c(CC2CCNCC2)c1C. The molecular formula is C14H20FNO. The standard InChI is InChI=1S/C14H20FNO/c1-10-12(9-11-5-7-16-8-6-11)13(15)3-4-14(10)17-2/h3-4,11,16H,5-9H2,1-2H3. The number of benzene rings is 1. The van der Waals surface area contributed by atoms with Crippen LogP contribution in [0.3, 0.4) is 0 Å². The van der Waals surface area contributed by atoms with Crippen molar-refractivity contribution in [1.29, 1.82) is 0 Å². The van der Waals surface area contributed by atoms with Gasteiger partial charge in [-0.2, -0.15) is 0 Å². The summed E-state index contributed by atoms with van der Waals surface area (Å²) in [5.74, 6) is 1.29. The first kappa shape index (κ1) is 12.4. The van der Waals surface area contributed by atoms with Crippen molar-refractivity contribution in [1.82, 2.24) is 5.32 Å². The Hall–Kier alpha value is -1.09. The molecule has 1 N–H and O–H groups in total. The van der Waals surface area contributed by atoms with E-state index in [-0.39, 0.29) is 5.82 Å². The molecule has 3 heteroatoms. The summed E-state index contributed by atoms with van der Waals surface area (Å²) in [5.41, 5.74) is 1.78. The van der Waals surface area contributed by atoms with Crippen LogP contribution in [0.5, 0.6) is 5.75 Å². The summed E-state index contributed by atoms with van der Waals surface area (Å²) in [4.78, 5) is 0. The van der Waals surface area contributed by atoms with Crippen molar-refractivity contribution in [2.45, 2.75) is 26.2 Å². The van der Waals surface area contributed by atoms with E-state index < -0.39 is 0 Å². The third-order valence-corrected chi connectivity index (χ3v) is 3.66. The highest BCUT2D eigenvalue weighted by Gasteiger charge is 2.18. The second-order valence-electron chi connectivity index (χ2n) is 4.75. The third-order valence-electron chi connectivity index (χ3n) is 3.66. The molecule has 1 aromatic rings. The van der Waals surface area contributed by atoms with Crippen LogP contribution >= 0.6 is 0 Å². The smallest absolute Gasteiger partial charge is 0.126 e. The van der Waals surface area contributed by atoms with Crippen LogP contribution in [0, 0.1) is 18.7 Å². The fourth-order valence-electron chi connectivity index (χ4n) is 2.55. The monoisotopic (exact) mass is 237 g/mol. The lowest BCUT2D eigenvalue weighted by molar-refractivity contribution is 0.365. The first-order valence-electron chi connectivity index (χ1n) is 6.25. The van der Waals surface area contributed by atoms with Gasteiger partial charge in [-0.3, -0.25) is 0 Å². The van der Waals surface area contributed by atoms with E-state index in [4.69, 9.17) is 4.74 Å². The summed E-state index contributed by atoms with van der Waals surface area (Å²) in [6, 6.07) is 3.22. The lowest BCUT2D eigenvalue weighted by Gasteiger charge is -2.23. The number of halogens is 1. The van der Waals surface area contributed by atoms with Crippen molar-refractivity contribution in [3.8, 4) is 5.75 Å². The highest BCUT2D eigenvalue weighted by atomic mass is 19.1. The summed E-state index contributed by atoms with van der Waals surface area (Å²) < 4.78 is 19.1. The number of piperidine rings is 1. The Balaban J connectivity index is 2.18. The highest BCUT2D eigenvalue weighted by Crippen LogP contribution is 2.28. The van der Waals surface area contributed by atoms with Gasteiger partial charge in [-0.1, -0.05) is 0 Å². The fourth-order valence-corrected chi connectivity index (χ4v) is 2.55. The van der Waals surface area contributed by atoms with Gasteiger partial charge in [0.15, 0.2) is 0 Å². The van der Waals surface area contributed by atoms with Crippen LogP contribution in [0.2, 0.25) is 0 Å². The third kappa shape index (κ3) is 2.78. The van der Waals surface area contributed by atoms with Crippen LogP contribution in [0.15, 0.2) is 12.1 Å². The second-order valence-corrected chi connectivity index (χ2v) is 4.75. The van der Waals surface area contributed by atoms with Gasteiger partial charge in [-0.15, -0.1) is 0 Å². The Morgan fingerprint density at radius 3 is 2.71 bits per heavy atom. The molecule has 0 saturated carbocycles. The molecule has 1 saturated heterocycles. The average Bonchev–Trinajstić information content (AvgIpc) is 2.36. The van der Waals surface area contributed by atoms with E-state index >= 15 is 0 Å². The molecule has 0 unspecified atom stereocenters. The van der Waals surface area contributed by atoms with Crippen LogP contribution < -0.4 is 10.1 Å². The van der Waals surface area contributed by atoms with Crippen molar-refractivity contribution >= 4 is 0 Å². The molecule has 1 aliphatic heterocycles. The van der Waals surface area contributed by atoms with Gasteiger partial charge in [0, 0.05) is 0 Å². The highest BCUT2D eigenvalue weighted by molar-refractivity contribution is 5.40. The molecule has 2 rings (SSSR count). The van der Waals surface area contributed by atoms with Crippen LogP contribution in [-0.2, 0) is 6.42 Å². The van der Waals surface area contributed by atoms with Crippen LogP contribution in [0.4, 0.5) is 4.39 Å². The molecule has 0 aliphatic carbocycles.